The number of benzene rings is 2. The third-order valence-electron chi connectivity index (χ3n) is 6.11. The Morgan fingerprint density at radius 2 is 1.69 bits per heavy atom. The number of nitrogens with zero attached hydrogens (tertiary/aromatic N) is 1. The minimum Gasteiger partial charge on any atom is -0.497 e. The molecular weight excluding hydrogens is 402 g/mol. The number of nitrogens with one attached hydrogen (secondary N) is 1. The summed E-state index contributed by atoms with van der Waals surface area (Å²) < 4.78 is 16.7. The summed E-state index contributed by atoms with van der Waals surface area (Å²) in [5.74, 6) is 2.31. The number of nitriles is 1. The smallest absolute Gasteiger partial charge is 0.205 e. The van der Waals surface area contributed by atoms with E-state index in [1.807, 2.05) is 48.5 Å². The second-order valence-electron chi connectivity index (χ2n) is 7.95. The summed E-state index contributed by atoms with van der Waals surface area (Å²) in [6, 6.07) is 18.1. The van der Waals surface area contributed by atoms with Crippen LogP contribution in [0.5, 0.6) is 11.5 Å². The first-order valence-electron chi connectivity index (χ1n) is 10.7. The summed E-state index contributed by atoms with van der Waals surface area (Å²) >= 11 is 0. The Labute approximate surface area is 188 Å². The van der Waals surface area contributed by atoms with Gasteiger partial charge in [-0.15, -0.1) is 0 Å². The summed E-state index contributed by atoms with van der Waals surface area (Å²) in [5.41, 5.74) is 10.9. The van der Waals surface area contributed by atoms with Crippen molar-refractivity contribution >= 4 is 6.08 Å². The molecule has 164 valence electrons. The van der Waals surface area contributed by atoms with E-state index in [1.54, 1.807) is 14.2 Å². The van der Waals surface area contributed by atoms with Gasteiger partial charge in [0, 0.05) is 11.1 Å². The van der Waals surface area contributed by atoms with E-state index in [1.165, 1.54) is 4.90 Å². The topological polar surface area (TPSA) is 81.9 Å². The number of hydrogen-bond acceptors (Lipinski definition) is 5. The zero-order valence-electron chi connectivity index (χ0n) is 18.6. The van der Waals surface area contributed by atoms with Gasteiger partial charge in [-0.1, -0.05) is 24.3 Å². The van der Waals surface area contributed by atoms with Crippen LogP contribution in [0.2, 0.25) is 0 Å². The lowest BCUT2D eigenvalue weighted by molar-refractivity contribution is -0.890. The minimum atomic E-state index is -0.240. The van der Waals surface area contributed by atoms with Gasteiger partial charge < -0.3 is 24.8 Å². The van der Waals surface area contributed by atoms with E-state index in [-0.39, 0.29) is 11.8 Å². The Morgan fingerprint density at radius 1 is 1.06 bits per heavy atom. The fourth-order valence-electron chi connectivity index (χ4n) is 4.37. The van der Waals surface area contributed by atoms with Crippen LogP contribution in [0.1, 0.15) is 24.0 Å². The molecule has 2 atom stereocenters. The van der Waals surface area contributed by atoms with Crippen molar-refractivity contribution in [3.63, 3.8) is 0 Å². The maximum Gasteiger partial charge on any atom is 0.205 e. The summed E-state index contributed by atoms with van der Waals surface area (Å²) in [5, 5.41) is 9.91. The Balaban J connectivity index is 1.82. The maximum absolute atomic E-state index is 9.91. The lowest BCUT2D eigenvalue weighted by Crippen LogP contribution is -3.12. The molecular formula is C26H28N3O3+. The highest BCUT2D eigenvalue weighted by atomic mass is 16.5. The van der Waals surface area contributed by atoms with E-state index in [9.17, 15) is 5.26 Å². The average Bonchev–Trinajstić information content (AvgIpc) is 2.84. The van der Waals surface area contributed by atoms with Gasteiger partial charge in [0.25, 0.3) is 0 Å². The number of ether oxygens (including phenoxy) is 3. The Morgan fingerprint density at radius 3 is 2.25 bits per heavy atom. The minimum absolute atomic E-state index is 0.174. The van der Waals surface area contributed by atoms with Crippen molar-refractivity contribution in [2.45, 2.75) is 12.8 Å². The highest BCUT2D eigenvalue weighted by molar-refractivity contribution is 5.62. The third-order valence-corrected chi connectivity index (χ3v) is 6.11. The molecule has 0 amide bonds. The van der Waals surface area contributed by atoms with Crippen molar-refractivity contribution in [3.8, 4) is 17.6 Å². The molecule has 6 heteroatoms. The van der Waals surface area contributed by atoms with Gasteiger partial charge in [-0.05, 0) is 48.4 Å². The van der Waals surface area contributed by atoms with Crippen LogP contribution < -0.4 is 20.1 Å². The molecule has 2 aliphatic heterocycles. The second-order valence-corrected chi connectivity index (χ2v) is 7.95. The molecule has 0 fully saturated rings. The van der Waals surface area contributed by atoms with Gasteiger partial charge in [0.05, 0.1) is 26.7 Å². The van der Waals surface area contributed by atoms with E-state index in [0.717, 1.165) is 59.2 Å². The van der Waals surface area contributed by atoms with Crippen LogP contribution in [0.25, 0.3) is 6.08 Å². The fourth-order valence-corrected chi connectivity index (χ4v) is 4.37. The molecule has 0 saturated carbocycles. The van der Waals surface area contributed by atoms with Gasteiger partial charge >= 0.3 is 0 Å². The Kier molecular flexibility index (Phi) is 6.20. The van der Waals surface area contributed by atoms with Crippen molar-refractivity contribution in [3.05, 3.63) is 88.0 Å². The van der Waals surface area contributed by atoms with Crippen molar-refractivity contribution < 1.29 is 19.1 Å². The quantitative estimate of drug-likeness (QED) is 0.762. The first-order valence-corrected chi connectivity index (χ1v) is 10.7. The molecule has 2 heterocycles. The van der Waals surface area contributed by atoms with Crippen LogP contribution >= 0.6 is 0 Å². The largest absolute Gasteiger partial charge is 0.497 e. The predicted octanol–water partition coefficient (Wildman–Crippen LogP) is 2.77. The molecule has 2 aromatic rings. The van der Waals surface area contributed by atoms with Crippen LogP contribution in [-0.4, -0.2) is 33.9 Å². The molecule has 0 saturated heterocycles. The summed E-state index contributed by atoms with van der Waals surface area (Å²) in [4.78, 5) is 1.41. The SMILES string of the molecule is CC[NH+]1CC2=C(OC(N)=C(C#N)[C@@H]2c2ccc(OC)cc2)/C(=C/c2ccc(OC)cc2)C1. The normalized spacial score (nSPS) is 21.6. The van der Waals surface area contributed by atoms with Crippen molar-refractivity contribution in [1.82, 2.24) is 0 Å². The van der Waals surface area contributed by atoms with Crippen LogP contribution in [0.4, 0.5) is 0 Å². The molecule has 4 rings (SSSR count). The van der Waals surface area contributed by atoms with Gasteiger partial charge in [0.2, 0.25) is 5.88 Å². The molecule has 3 N–H and O–H groups in total. The van der Waals surface area contributed by atoms with Crippen LogP contribution in [-0.2, 0) is 4.74 Å². The standard InChI is InChI=1S/C26H27N3O3/c1-4-29-15-19(13-17-5-9-20(30-2)10-6-17)25-23(16-29)24(22(14-27)26(28)32-25)18-7-11-21(31-3)12-8-18/h5-13,24H,4,15-16,28H2,1-3H3/p+1/b19-13+/t24-/m0/s1. The molecule has 2 aromatic carbocycles. The first kappa shape index (κ1) is 21.5. The zero-order chi connectivity index (χ0) is 22.7. The third kappa shape index (κ3) is 4.08. The Bertz CT molecular complexity index is 1120. The number of rotatable bonds is 5. The Hall–Kier alpha value is -3.69. The number of likely N-dealkylation sites (N-methyl/N-ethyl adjacent to an activating group) is 1. The average molecular weight is 431 g/mol. The van der Waals surface area contributed by atoms with Gasteiger partial charge in [-0.3, -0.25) is 0 Å². The lowest BCUT2D eigenvalue weighted by Gasteiger charge is -2.36. The lowest BCUT2D eigenvalue weighted by atomic mass is 9.80. The molecule has 0 spiro atoms. The van der Waals surface area contributed by atoms with E-state index in [2.05, 4.69) is 19.1 Å². The highest BCUT2D eigenvalue weighted by Gasteiger charge is 2.39. The van der Waals surface area contributed by atoms with Crippen molar-refractivity contribution in [1.29, 1.82) is 5.26 Å². The van der Waals surface area contributed by atoms with E-state index in [0.29, 0.717) is 5.57 Å². The summed E-state index contributed by atoms with van der Waals surface area (Å²) in [6.07, 6.45) is 2.14. The highest BCUT2D eigenvalue weighted by Crippen LogP contribution is 2.42. The second kappa shape index (κ2) is 9.21. The zero-order valence-corrected chi connectivity index (χ0v) is 18.6. The molecule has 32 heavy (non-hydrogen) atoms. The molecule has 1 unspecified atom stereocenters. The van der Waals surface area contributed by atoms with E-state index >= 15 is 0 Å². The fraction of sp³-hybridized carbons (Fsp3) is 0.269. The van der Waals surface area contributed by atoms with Gasteiger partial charge in [0.15, 0.2) is 0 Å². The van der Waals surface area contributed by atoms with Crippen LogP contribution in [0, 0.1) is 11.3 Å². The number of nitrogens with two attached hydrogens (primary N) is 1. The van der Waals surface area contributed by atoms with Gasteiger partial charge in [-0.2, -0.15) is 5.26 Å². The van der Waals surface area contributed by atoms with Gasteiger partial charge in [0.1, 0.15) is 42.0 Å². The number of allylic oxidation sites excluding steroid dienone is 1. The summed E-state index contributed by atoms with van der Waals surface area (Å²) in [7, 11) is 3.30. The van der Waals surface area contributed by atoms with Crippen LogP contribution in [0.3, 0.4) is 0 Å². The molecule has 6 nitrogen and oxygen atoms in total. The molecule has 2 aliphatic rings. The van der Waals surface area contributed by atoms with Crippen molar-refractivity contribution in [2.75, 3.05) is 33.9 Å². The van der Waals surface area contributed by atoms with E-state index < -0.39 is 0 Å². The number of methoxy groups -OCH3 is 2. The van der Waals surface area contributed by atoms with E-state index in [4.69, 9.17) is 19.9 Å². The van der Waals surface area contributed by atoms with Crippen LogP contribution in [0.15, 0.2) is 76.9 Å². The first-order chi connectivity index (χ1) is 15.6. The number of hydrogen-bond donors (Lipinski definition) is 2. The number of quaternary nitrogens is 1. The van der Waals surface area contributed by atoms with Crippen molar-refractivity contribution in [2.24, 2.45) is 5.73 Å². The monoisotopic (exact) mass is 430 g/mol. The molecule has 0 aromatic heterocycles. The predicted molar refractivity (Wildman–Crippen MR) is 123 cm³/mol. The molecule has 0 bridgehead atoms. The molecule has 0 aliphatic carbocycles. The summed E-state index contributed by atoms with van der Waals surface area (Å²) in [6.45, 7) is 4.76. The maximum atomic E-state index is 9.91. The molecule has 0 radical (unpaired) electrons. The van der Waals surface area contributed by atoms with Gasteiger partial charge in [-0.25, -0.2) is 0 Å².